The van der Waals surface area contributed by atoms with Crippen molar-refractivity contribution in [2.45, 2.75) is 58.5 Å². The highest BCUT2D eigenvalue weighted by atomic mass is 16.2. The fraction of sp³-hybridized carbons (Fsp3) is 0.524. The molecule has 2 aromatic rings. The van der Waals surface area contributed by atoms with E-state index in [2.05, 4.69) is 50.4 Å². The van der Waals surface area contributed by atoms with E-state index in [9.17, 15) is 4.79 Å². The number of carbonyl (C=O) groups excluding carboxylic acids is 1. The van der Waals surface area contributed by atoms with Crippen LogP contribution in [-0.2, 0) is 12.8 Å². The number of nitrogens with zero attached hydrogens (tertiary/aromatic N) is 3. The minimum absolute atomic E-state index is 0.0925. The highest BCUT2D eigenvalue weighted by Crippen LogP contribution is 2.28. The fourth-order valence-electron chi connectivity index (χ4n) is 4.15. The van der Waals surface area contributed by atoms with Gasteiger partial charge in [-0.15, -0.1) is 0 Å². The maximum Gasteiger partial charge on any atom is 0.275 e. The van der Waals surface area contributed by atoms with Gasteiger partial charge in [0.25, 0.3) is 5.91 Å². The average Bonchev–Trinajstić information content (AvgIpc) is 3.04. The number of hydrogen-bond donors (Lipinski definition) is 1. The molecule has 1 aliphatic heterocycles. The van der Waals surface area contributed by atoms with Gasteiger partial charge < -0.3 is 10.2 Å². The summed E-state index contributed by atoms with van der Waals surface area (Å²) in [6, 6.07) is 8.89. The topological polar surface area (TPSA) is 50.2 Å². The average molecular weight is 352 g/mol. The van der Waals surface area contributed by atoms with E-state index in [4.69, 9.17) is 5.10 Å². The van der Waals surface area contributed by atoms with E-state index in [1.54, 1.807) is 0 Å². The van der Waals surface area contributed by atoms with Crippen LogP contribution in [0.5, 0.6) is 0 Å². The molecule has 1 aliphatic carbocycles. The summed E-state index contributed by atoms with van der Waals surface area (Å²) in [5.41, 5.74) is 5.34. The molecule has 2 atom stereocenters. The molecule has 0 spiro atoms. The van der Waals surface area contributed by atoms with E-state index in [0.717, 1.165) is 38.0 Å². The minimum atomic E-state index is 0.0925. The summed E-state index contributed by atoms with van der Waals surface area (Å²) in [6.07, 6.45) is 4.26. The predicted octanol–water partition coefficient (Wildman–Crippen LogP) is 2.88. The van der Waals surface area contributed by atoms with Crippen molar-refractivity contribution in [3.05, 3.63) is 46.8 Å². The normalized spacial score (nSPS) is 23.0. The summed E-state index contributed by atoms with van der Waals surface area (Å²) in [5.74, 6) is 0.0925. The van der Waals surface area contributed by atoms with Crippen molar-refractivity contribution < 1.29 is 4.79 Å². The standard InChI is InChI=1S/C21H28N4O/c1-14-8-10-17(11-9-14)25-19-7-5-4-6-18(19)20(23-25)21(26)24-13-12-22-15(2)16(24)3/h8-11,15-16,22H,4-7,12-13H2,1-3H3. The summed E-state index contributed by atoms with van der Waals surface area (Å²) in [7, 11) is 0. The van der Waals surface area contributed by atoms with Gasteiger partial charge in [-0.2, -0.15) is 5.10 Å². The highest BCUT2D eigenvalue weighted by molar-refractivity contribution is 5.94. The largest absolute Gasteiger partial charge is 0.332 e. The third-order valence-corrected chi connectivity index (χ3v) is 5.96. The number of piperazine rings is 1. The van der Waals surface area contributed by atoms with E-state index >= 15 is 0 Å². The first-order chi connectivity index (χ1) is 12.6. The van der Waals surface area contributed by atoms with Crippen LogP contribution in [0.25, 0.3) is 5.69 Å². The molecule has 2 unspecified atom stereocenters. The molecule has 2 aliphatic rings. The van der Waals surface area contributed by atoms with E-state index in [0.29, 0.717) is 11.7 Å². The van der Waals surface area contributed by atoms with Gasteiger partial charge in [0.15, 0.2) is 5.69 Å². The molecule has 0 radical (unpaired) electrons. The Morgan fingerprint density at radius 2 is 1.88 bits per heavy atom. The molecule has 1 aromatic carbocycles. The van der Waals surface area contributed by atoms with Crippen LogP contribution >= 0.6 is 0 Å². The first-order valence-electron chi connectivity index (χ1n) is 9.78. The molecular weight excluding hydrogens is 324 g/mol. The Morgan fingerprint density at radius 3 is 2.65 bits per heavy atom. The smallest absolute Gasteiger partial charge is 0.275 e. The number of aromatic nitrogens is 2. The zero-order chi connectivity index (χ0) is 18.3. The Kier molecular flexibility index (Phi) is 4.57. The van der Waals surface area contributed by atoms with Crippen LogP contribution in [-0.4, -0.2) is 45.8 Å². The molecule has 1 aromatic heterocycles. The fourth-order valence-corrected chi connectivity index (χ4v) is 4.15. The van der Waals surface area contributed by atoms with Gasteiger partial charge in [0.2, 0.25) is 0 Å². The third kappa shape index (κ3) is 2.94. The maximum atomic E-state index is 13.3. The van der Waals surface area contributed by atoms with E-state index in [1.165, 1.54) is 23.2 Å². The Balaban J connectivity index is 1.74. The zero-order valence-electron chi connectivity index (χ0n) is 16.0. The second-order valence-corrected chi connectivity index (χ2v) is 7.71. The Labute approximate surface area is 155 Å². The number of rotatable bonds is 2. The van der Waals surface area contributed by atoms with Gasteiger partial charge >= 0.3 is 0 Å². The monoisotopic (exact) mass is 352 g/mol. The van der Waals surface area contributed by atoms with Crippen LogP contribution in [0.2, 0.25) is 0 Å². The molecule has 1 amide bonds. The van der Waals surface area contributed by atoms with Crippen molar-refractivity contribution in [3.8, 4) is 5.69 Å². The van der Waals surface area contributed by atoms with E-state index in [1.807, 2.05) is 9.58 Å². The molecule has 26 heavy (non-hydrogen) atoms. The molecule has 138 valence electrons. The Morgan fingerprint density at radius 1 is 1.15 bits per heavy atom. The molecule has 5 heteroatoms. The lowest BCUT2D eigenvalue weighted by Crippen LogP contribution is -2.57. The second-order valence-electron chi connectivity index (χ2n) is 7.71. The van der Waals surface area contributed by atoms with Crippen molar-refractivity contribution in [2.75, 3.05) is 13.1 Å². The number of aryl methyl sites for hydroxylation is 1. The molecule has 1 fully saturated rings. The molecule has 0 bridgehead atoms. The van der Waals surface area contributed by atoms with Crippen LogP contribution in [0.15, 0.2) is 24.3 Å². The van der Waals surface area contributed by atoms with Crippen LogP contribution in [0.3, 0.4) is 0 Å². The lowest BCUT2D eigenvalue weighted by atomic mass is 9.94. The quantitative estimate of drug-likeness (QED) is 0.904. The number of nitrogens with one attached hydrogen (secondary N) is 1. The van der Waals surface area contributed by atoms with Crippen LogP contribution < -0.4 is 5.32 Å². The molecule has 1 N–H and O–H groups in total. The van der Waals surface area contributed by atoms with Crippen LogP contribution in [0.4, 0.5) is 0 Å². The Bertz CT molecular complexity index is 808. The summed E-state index contributed by atoms with van der Waals surface area (Å²) in [6.45, 7) is 7.95. The number of hydrogen-bond acceptors (Lipinski definition) is 3. The lowest BCUT2D eigenvalue weighted by molar-refractivity contribution is 0.0595. The van der Waals surface area contributed by atoms with Crippen molar-refractivity contribution in [3.63, 3.8) is 0 Å². The van der Waals surface area contributed by atoms with Crippen molar-refractivity contribution >= 4 is 5.91 Å². The molecule has 2 heterocycles. The molecule has 0 saturated carbocycles. The second kappa shape index (κ2) is 6.88. The summed E-state index contributed by atoms with van der Waals surface area (Å²) >= 11 is 0. The first-order valence-corrected chi connectivity index (χ1v) is 9.78. The number of amides is 1. The van der Waals surface area contributed by atoms with Gasteiger partial charge in [-0.3, -0.25) is 4.79 Å². The summed E-state index contributed by atoms with van der Waals surface area (Å²) in [5, 5.41) is 8.28. The number of carbonyl (C=O) groups is 1. The van der Waals surface area contributed by atoms with Crippen LogP contribution in [0.1, 0.15) is 54.0 Å². The number of fused-ring (bicyclic) bond motifs is 1. The SMILES string of the molecule is Cc1ccc(-n2nc(C(=O)N3CCNC(C)C3C)c3c2CCCC3)cc1. The van der Waals surface area contributed by atoms with Crippen molar-refractivity contribution in [1.29, 1.82) is 0 Å². The molecule has 1 saturated heterocycles. The summed E-state index contributed by atoms with van der Waals surface area (Å²) in [4.78, 5) is 15.3. The van der Waals surface area contributed by atoms with Gasteiger partial charge in [-0.25, -0.2) is 4.68 Å². The van der Waals surface area contributed by atoms with Gasteiger partial charge in [0.1, 0.15) is 0 Å². The van der Waals surface area contributed by atoms with Crippen molar-refractivity contribution in [1.82, 2.24) is 20.0 Å². The van der Waals surface area contributed by atoms with E-state index < -0.39 is 0 Å². The van der Waals surface area contributed by atoms with Gasteiger partial charge in [-0.1, -0.05) is 17.7 Å². The predicted molar refractivity (Wildman–Crippen MR) is 103 cm³/mol. The number of benzene rings is 1. The van der Waals surface area contributed by atoms with Gasteiger partial charge in [0.05, 0.1) is 5.69 Å². The Hall–Kier alpha value is -2.14. The lowest BCUT2D eigenvalue weighted by Gasteiger charge is -2.38. The molecular formula is C21H28N4O. The van der Waals surface area contributed by atoms with Crippen LogP contribution in [0, 0.1) is 6.92 Å². The maximum absolute atomic E-state index is 13.3. The third-order valence-electron chi connectivity index (χ3n) is 5.96. The first kappa shape index (κ1) is 17.3. The minimum Gasteiger partial charge on any atom is -0.332 e. The molecule has 4 rings (SSSR count). The van der Waals surface area contributed by atoms with Gasteiger partial charge in [0, 0.05) is 36.4 Å². The highest BCUT2D eigenvalue weighted by Gasteiger charge is 2.33. The van der Waals surface area contributed by atoms with Gasteiger partial charge in [-0.05, 0) is 58.6 Å². The van der Waals surface area contributed by atoms with E-state index in [-0.39, 0.29) is 11.9 Å². The van der Waals surface area contributed by atoms with Crippen molar-refractivity contribution in [2.24, 2.45) is 0 Å². The molecule has 5 nitrogen and oxygen atoms in total. The zero-order valence-corrected chi connectivity index (χ0v) is 16.0. The summed E-state index contributed by atoms with van der Waals surface area (Å²) < 4.78 is 2.01.